The van der Waals surface area contributed by atoms with E-state index < -0.39 is 0 Å². The third kappa shape index (κ3) is 3.00. The van der Waals surface area contributed by atoms with Crippen LogP contribution in [0, 0.1) is 0 Å². The molecule has 0 unspecified atom stereocenters. The second-order valence-corrected chi connectivity index (χ2v) is 8.37. The largest absolute Gasteiger partial charge is 0.480 e. The first-order chi connectivity index (χ1) is 15.2. The summed E-state index contributed by atoms with van der Waals surface area (Å²) in [5.41, 5.74) is 7.79. The number of aromatic nitrogens is 6. The van der Waals surface area contributed by atoms with Crippen LogP contribution in [-0.4, -0.2) is 43.8 Å². The number of thiazole rings is 1. The average Bonchev–Trinajstić information content (AvgIpc) is 3.22. The molecule has 154 valence electrons. The van der Waals surface area contributed by atoms with Crippen LogP contribution >= 0.6 is 11.3 Å². The molecule has 0 bridgehead atoms. The van der Waals surface area contributed by atoms with Crippen LogP contribution < -0.4 is 9.47 Å². The number of hydrogen-bond donors (Lipinski definition) is 0. The molecule has 0 N–H and O–H groups in total. The summed E-state index contributed by atoms with van der Waals surface area (Å²) >= 11 is 1.68. The van der Waals surface area contributed by atoms with Crippen LogP contribution in [0.1, 0.15) is 29.4 Å². The summed E-state index contributed by atoms with van der Waals surface area (Å²) in [5.74, 6) is 1.26. The van der Waals surface area contributed by atoms with E-state index in [1.807, 2.05) is 16.2 Å². The summed E-state index contributed by atoms with van der Waals surface area (Å²) in [6.45, 7) is 0. The van der Waals surface area contributed by atoms with Gasteiger partial charge in [-0.2, -0.15) is 10.1 Å². The van der Waals surface area contributed by atoms with Gasteiger partial charge in [0.25, 0.3) is 0 Å². The quantitative estimate of drug-likeness (QED) is 0.415. The summed E-state index contributed by atoms with van der Waals surface area (Å²) in [5, 5.41) is 4.72. The van der Waals surface area contributed by atoms with Crippen LogP contribution in [0.4, 0.5) is 0 Å². The molecule has 1 fully saturated rings. The van der Waals surface area contributed by atoms with Gasteiger partial charge >= 0.3 is 6.01 Å². The molecule has 0 aliphatic heterocycles. The van der Waals surface area contributed by atoms with Gasteiger partial charge in [0.15, 0.2) is 5.65 Å². The standard InChI is InChI=1S/C22H18N6O2S/c1-29-21-16(10-24-22(26-21)30-2)18-9-15(20-23-5-6-28(20)27-18)14-8-13(14)12-3-4-17-19(7-12)31-11-25-17/h3-7,9-11,13-14H,8H2,1-2H3/t13-,14-/m0/s1. The summed E-state index contributed by atoms with van der Waals surface area (Å²) in [7, 11) is 3.10. The zero-order chi connectivity index (χ0) is 20.9. The number of hydrogen-bond acceptors (Lipinski definition) is 8. The second kappa shape index (κ2) is 6.98. The molecule has 8 nitrogen and oxygen atoms in total. The van der Waals surface area contributed by atoms with Gasteiger partial charge in [0.2, 0.25) is 5.88 Å². The number of imidazole rings is 1. The van der Waals surface area contributed by atoms with E-state index in [0.29, 0.717) is 23.3 Å². The van der Waals surface area contributed by atoms with E-state index in [2.05, 4.69) is 44.2 Å². The van der Waals surface area contributed by atoms with Gasteiger partial charge in [-0.25, -0.2) is 19.5 Å². The number of rotatable bonds is 5. The number of ether oxygens (including phenoxy) is 2. The smallest absolute Gasteiger partial charge is 0.319 e. The molecule has 31 heavy (non-hydrogen) atoms. The van der Waals surface area contributed by atoms with Crippen molar-refractivity contribution in [3.63, 3.8) is 0 Å². The molecule has 0 amide bonds. The van der Waals surface area contributed by atoms with Crippen molar-refractivity contribution in [2.24, 2.45) is 0 Å². The van der Waals surface area contributed by atoms with E-state index in [0.717, 1.165) is 23.3 Å². The van der Waals surface area contributed by atoms with E-state index >= 15 is 0 Å². The summed E-state index contributed by atoms with van der Waals surface area (Å²) in [4.78, 5) is 17.5. The Morgan fingerprint density at radius 2 is 2.00 bits per heavy atom. The lowest BCUT2D eigenvalue weighted by Gasteiger charge is -2.10. The average molecular weight is 430 g/mol. The third-order valence-corrected chi connectivity index (χ3v) is 6.54. The first-order valence-corrected chi connectivity index (χ1v) is 10.8. The maximum atomic E-state index is 5.47. The molecule has 6 rings (SSSR count). The molecule has 2 atom stereocenters. The van der Waals surface area contributed by atoms with Crippen molar-refractivity contribution in [3.05, 3.63) is 59.5 Å². The van der Waals surface area contributed by atoms with Crippen LogP contribution in [0.25, 0.3) is 27.1 Å². The van der Waals surface area contributed by atoms with Crippen LogP contribution in [-0.2, 0) is 0 Å². The van der Waals surface area contributed by atoms with Crippen LogP contribution in [0.3, 0.4) is 0 Å². The van der Waals surface area contributed by atoms with Crippen molar-refractivity contribution >= 4 is 27.2 Å². The Kier molecular flexibility index (Phi) is 4.10. The fraction of sp³-hybridized carbons (Fsp3) is 0.227. The summed E-state index contributed by atoms with van der Waals surface area (Å²) in [6.07, 6.45) is 6.40. The number of methoxy groups -OCH3 is 2. The molecule has 1 aromatic carbocycles. The Morgan fingerprint density at radius 3 is 2.87 bits per heavy atom. The van der Waals surface area contributed by atoms with E-state index in [9.17, 15) is 0 Å². The van der Waals surface area contributed by atoms with Crippen LogP contribution in [0.5, 0.6) is 11.9 Å². The molecule has 1 aliphatic rings. The Hall–Kier alpha value is -3.59. The monoisotopic (exact) mass is 430 g/mol. The molecule has 0 spiro atoms. The third-order valence-electron chi connectivity index (χ3n) is 5.74. The summed E-state index contributed by atoms with van der Waals surface area (Å²) < 4.78 is 13.6. The number of fused-ring (bicyclic) bond motifs is 2. The molecule has 0 saturated heterocycles. The molecular weight excluding hydrogens is 412 g/mol. The highest BCUT2D eigenvalue weighted by Crippen LogP contribution is 2.56. The van der Waals surface area contributed by atoms with Crippen LogP contribution in [0.2, 0.25) is 0 Å². The topological polar surface area (TPSA) is 87.3 Å². The van der Waals surface area contributed by atoms with E-state index in [-0.39, 0.29) is 6.01 Å². The SMILES string of the molecule is COc1ncc(-c2cc([C@H]3C[C@H]3c3ccc4ncsc4c3)c3nccn3n2)c(OC)n1. The Morgan fingerprint density at radius 1 is 1.06 bits per heavy atom. The highest BCUT2D eigenvalue weighted by Gasteiger charge is 2.41. The van der Waals surface area contributed by atoms with Gasteiger partial charge < -0.3 is 9.47 Å². The first-order valence-electron chi connectivity index (χ1n) is 9.88. The van der Waals surface area contributed by atoms with E-state index in [1.165, 1.54) is 22.9 Å². The molecule has 4 heterocycles. The van der Waals surface area contributed by atoms with Gasteiger partial charge in [0, 0.05) is 24.2 Å². The zero-order valence-electron chi connectivity index (χ0n) is 16.9. The van der Waals surface area contributed by atoms with Gasteiger partial charge in [-0.15, -0.1) is 11.3 Å². The normalized spacial score (nSPS) is 17.9. The van der Waals surface area contributed by atoms with Crippen molar-refractivity contribution in [2.45, 2.75) is 18.3 Å². The zero-order valence-corrected chi connectivity index (χ0v) is 17.7. The predicted octanol–water partition coefficient (Wildman–Crippen LogP) is 4.08. The minimum Gasteiger partial charge on any atom is -0.480 e. The lowest BCUT2D eigenvalue weighted by Crippen LogP contribution is -2.02. The fourth-order valence-corrected chi connectivity index (χ4v) is 4.86. The lowest BCUT2D eigenvalue weighted by atomic mass is 10.0. The number of benzene rings is 1. The molecule has 5 aromatic rings. The van der Waals surface area contributed by atoms with Crippen molar-refractivity contribution in [1.82, 2.24) is 29.5 Å². The van der Waals surface area contributed by atoms with E-state index in [1.54, 1.807) is 30.8 Å². The Bertz CT molecular complexity index is 1430. The highest BCUT2D eigenvalue weighted by atomic mass is 32.1. The number of nitrogens with zero attached hydrogens (tertiary/aromatic N) is 6. The maximum Gasteiger partial charge on any atom is 0.319 e. The minimum atomic E-state index is 0.255. The van der Waals surface area contributed by atoms with Crippen molar-refractivity contribution in [3.8, 4) is 23.1 Å². The van der Waals surface area contributed by atoms with Crippen molar-refractivity contribution in [1.29, 1.82) is 0 Å². The van der Waals surface area contributed by atoms with Crippen molar-refractivity contribution < 1.29 is 9.47 Å². The maximum absolute atomic E-state index is 5.47. The minimum absolute atomic E-state index is 0.255. The van der Waals surface area contributed by atoms with Gasteiger partial charge in [-0.3, -0.25) is 0 Å². The second-order valence-electron chi connectivity index (χ2n) is 7.49. The Labute approximate surface area is 181 Å². The molecule has 0 radical (unpaired) electrons. The molecule has 1 aliphatic carbocycles. The van der Waals surface area contributed by atoms with Gasteiger partial charge in [0.05, 0.1) is 41.2 Å². The predicted molar refractivity (Wildman–Crippen MR) is 117 cm³/mol. The molecule has 1 saturated carbocycles. The Balaban J connectivity index is 1.42. The molecular formula is C22H18N6O2S. The lowest BCUT2D eigenvalue weighted by molar-refractivity contribution is 0.353. The van der Waals surface area contributed by atoms with Gasteiger partial charge in [-0.1, -0.05) is 6.07 Å². The summed E-state index contributed by atoms with van der Waals surface area (Å²) in [6, 6.07) is 8.91. The van der Waals surface area contributed by atoms with Gasteiger partial charge in [-0.05, 0) is 42.0 Å². The van der Waals surface area contributed by atoms with Gasteiger partial charge in [0.1, 0.15) is 0 Å². The molecule has 9 heteroatoms. The van der Waals surface area contributed by atoms with E-state index in [4.69, 9.17) is 14.6 Å². The fourth-order valence-electron chi connectivity index (χ4n) is 4.14. The van der Waals surface area contributed by atoms with Crippen LogP contribution in [0.15, 0.2) is 48.4 Å². The molecule has 4 aromatic heterocycles. The highest BCUT2D eigenvalue weighted by molar-refractivity contribution is 7.16. The first kappa shape index (κ1) is 18.2. The van der Waals surface area contributed by atoms with Crippen molar-refractivity contribution in [2.75, 3.05) is 14.2 Å².